The second-order valence-corrected chi connectivity index (χ2v) is 9.17. The molecule has 2 N–H and O–H groups in total. The highest BCUT2D eigenvalue weighted by Gasteiger charge is 2.26. The van der Waals surface area contributed by atoms with E-state index in [9.17, 15) is 9.59 Å². The number of fused-ring (bicyclic) bond motifs is 1. The van der Waals surface area contributed by atoms with E-state index in [0.717, 1.165) is 43.2 Å². The predicted octanol–water partition coefficient (Wildman–Crippen LogP) is 4.93. The summed E-state index contributed by atoms with van der Waals surface area (Å²) in [5, 5.41) is 6.61. The summed E-state index contributed by atoms with van der Waals surface area (Å²) in [5.74, 6) is 0.281. The molecule has 1 heterocycles. The van der Waals surface area contributed by atoms with Crippen LogP contribution in [0.2, 0.25) is 0 Å². The third-order valence-corrected chi connectivity index (χ3v) is 6.76. The summed E-state index contributed by atoms with van der Waals surface area (Å²) >= 11 is 1.52. The average Bonchev–Trinajstić information content (AvgIpc) is 3.16. The number of thiophene rings is 1. The van der Waals surface area contributed by atoms with Gasteiger partial charge in [0.15, 0.2) is 6.61 Å². The van der Waals surface area contributed by atoms with Gasteiger partial charge in [0.25, 0.3) is 11.8 Å². The fourth-order valence-electron chi connectivity index (χ4n) is 3.96. The van der Waals surface area contributed by atoms with Crippen molar-refractivity contribution in [3.8, 4) is 5.75 Å². The lowest BCUT2D eigenvalue weighted by atomic mass is 9.95. The van der Waals surface area contributed by atoms with Crippen molar-refractivity contribution >= 4 is 28.2 Å². The quantitative estimate of drug-likeness (QED) is 0.514. The maximum atomic E-state index is 13.1. The molecule has 1 aliphatic rings. The summed E-state index contributed by atoms with van der Waals surface area (Å²) in [4.78, 5) is 26.9. The Labute approximate surface area is 192 Å². The summed E-state index contributed by atoms with van der Waals surface area (Å²) in [6.45, 7) is 2.43. The highest BCUT2D eigenvalue weighted by Crippen LogP contribution is 2.38. The lowest BCUT2D eigenvalue weighted by Crippen LogP contribution is -2.28. The third-order valence-electron chi connectivity index (χ3n) is 5.55. The first kappa shape index (κ1) is 22.1. The van der Waals surface area contributed by atoms with Crippen molar-refractivity contribution in [1.82, 2.24) is 5.32 Å². The molecule has 166 valence electrons. The lowest BCUT2D eigenvalue weighted by molar-refractivity contribution is -0.118. The van der Waals surface area contributed by atoms with Crippen LogP contribution in [0.3, 0.4) is 0 Å². The predicted molar refractivity (Wildman–Crippen MR) is 129 cm³/mol. The number of rotatable bonds is 8. The minimum atomic E-state index is -0.261. The molecule has 5 nitrogen and oxygen atoms in total. The molecule has 1 aromatic heterocycles. The van der Waals surface area contributed by atoms with Crippen molar-refractivity contribution in [2.75, 3.05) is 18.5 Å². The smallest absolute Gasteiger partial charge is 0.262 e. The molecule has 0 spiro atoms. The normalized spacial score (nSPS) is 12.7. The summed E-state index contributed by atoms with van der Waals surface area (Å²) in [6.07, 6.45) is 4.79. The van der Waals surface area contributed by atoms with Gasteiger partial charge in [-0.2, -0.15) is 0 Å². The van der Waals surface area contributed by atoms with Crippen molar-refractivity contribution < 1.29 is 14.3 Å². The molecule has 6 heteroatoms. The maximum Gasteiger partial charge on any atom is 0.262 e. The number of hydrogen-bond acceptors (Lipinski definition) is 4. The molecule has 0 atom stereocenters. The molecule has 1 aliphatic carbocycles. The van der Waals surface area contributed by atoms with Gasteiger partial charge in [-0.25, -0.2) is 0 Å². The molecule has 0 fully saturated rings. The minimum absolute atomic E-state index is 0.0961. The molecular formula is C26H28N2O3S. The van der Waals surface area contributed by atoms with E-state index in [1.165, 1.54) is 21.8 Å². The van der Waals surface area contributed by atoms with Crippen LogP contribution in [-0.4, -0.2) is 25.0 Å². The molecule has 0 saturated carbocycles. The Morgan fingerprint density at radius 1 is 1.03 bits per heavy atom. The zero-order chi connectivity index (χ0) is 22.3. The van der Waals surface area contributed by atoms with E-state index >= 15 is 0 Å². The molecule has 2 amide bonds. The first-order valence-corrected chi connectivity index (χ1v) is 11.9. The monoisotopic (exact) mass is 448 g/mol. The Morgan fingerprint density at radius 3 is 2.66 bits per heavy atom. The molecule has 0 bridgehead atoms. The molecule has 4 rings (SSSR count). The van der Waals surface area contributed by atoms with E-state index in [1.54, 1.807) is 0 Å². The second kappa shape index (κ2) is 10.5. The van der Waals surface area contributed by atoms with E-state index in [1.807, 2.05) is 49.4 Å². The fourth-order valence-corrected chi connectivity index (χ4v) is 5.27. The number of carbonyl (C=O) groups excluding carboxylic acids is 2. The van der Waals surface area contributed by atoms with Crippen molar-refractivity contribution in [3.63, 3.8) is 0 Å². The maximum absolute atomic E-state index is 13.1. The Bertz CT molecular complexity index is 1090. The molecule has 0 unspecified atom stereocenters. The molecule has 3 aromatic rings. The van der Waals surface area contributed by atoms with Gasteiger partial charge in [-0.15, -0.1) is 11.3 Å². The summed E-state index contributed by atoms with van der Waals surface area (Å²) in [7, 11) is 0. The van der Waals surface area contributed by atoms with Gasteiger partial charge >= 0.3 is 0 Å². The van der Waals surface area contributed by atoms with Crippen molar-refractivity contribution in [2.45, 2.75) is 39.0 Å². The Morgan fingerprint density at radius 2 is 1.84 bits per heavy atom. The van der Waals surface area contributed by atoms with Crippen LogP contribution in [0, 0.1) is 6.92 Å². The summed E-state index contributed by atoms with van der Waals surface area (Å²) in [6, 6.07) is 17.7. The number of hydrogen-bond donors (Lipinski definition) is 2. The van der Waals surface area contributed by atoms with Crippen LogP contribution in [0.5, 0.6) is 5.75 Å². The summed E-state index contributed by atoms with van der Waals surface area (Å²) in [5.41, 5.74) is 3.97. The van der Waals surface area contributed by atoms with Crippen LogP contribution in [-0.2, 0) is 24.1 Å². The first-order chi connectivity index (χ1) is 15.6. The number of ether oxygens (including phenoxy) is 1. The number of aryl methyl sites for hydroxylation is 2. The van der Waals surface area contributed by atoms with Gasteiger partial charge in [-0.05, 0) is 67.9 Å². The lowest BCUT2D eigenvalue weighted by Gasteiger charge is -2.13. The standard InChI is InChI=1S/C26H28N2O3S/c1-18-8-7-11-20(16-18)31-17-23(29)28-26-24(21-12-5-6-13-22(21)32-26)25(30)27-15-14-19-9-3-2-4-10-19/h2-4,7-11,16H,5-6,12-15,17H2,1H3,(H,27,30)(H,28,29). The Kier molecular flexibility index (Phi) is 7.22. The largest absolute Gasteiger partial charge is 0.484 e. The van der Waals surface area contributed by atoms with Gasteiger partial charge in [-0.1, -0.05) is 42.5 Å². The van der Waals surface area contributed by atoms with Gasteiger partial charge in [0.05, 0.1) is 5.56 Å². The molecular weight excluding hydrogens is 420 g/mol. The van der Waals surface area contributed by atoms with Gasteiger partial charge in [0.2, 0.25) is 0 Å². The number of nitrogens with one attached hydrogen (secondary N) is 2. The van der Waals surface area contributed by atoms with Gasteiger partial charge in [0, 0.05) is 11.4 Å². The zero-order valence-electron chi connectivity index (χ0n) is 18.3. The topological polar surface area (TPSA) is 67.4 Å². The Hall–Kier alpha value is -3.12. The van der Waals surface area contributed by atoms with Gasteiger partial charge in [0.1, 0.15) is 10.8 Å². The average molecular weight is 449 g/mol. The van der Waals surface area contributed by atoms with Gasteiger partial charge < -0.3 is 15.4 Å². The molecule has 0 saturated heterocycles. The van der Waals surface area contributed by atoms with Crippen LogP contribution < -0.4 is 15.4 Å². The molecule has 2 aromatic carbocycles. The number of anilines is 1. The highest BCUT2D eigenvalue weighted by atomic mass is 32.1. The van der Waals surface area contributed by atoms with Gasteiger partial charge in [-0.3, -0.25) is 9.59 Å². The Balaban J connectivity index is 1.42. The first-order valence-electron chi connectivity index (χ1n) is 11.1. The van der Waals surface area contributed by atoms with Crippen molar-refractivity contribution in [1.29, 1.82) is 0 Å². The molecule has 32 heavy (non-hydrogen) atoms. The SMILES string of the molecule is Cc1cccc(OCC(=O)Nc2sc3c(c2C(=O)NCCc2ccccc2)CCCC3)c1. The van der Waals surface area contributed by atoms with E-state index in [0.29, 0.717) is 22.9 Å². The zero-order valence-corrected chi connectivity index (χ0v) is 19.1. The van der Waals surface area contributed by atoms with Crippen molar-refractivity contribution in [2.24, 2.45) is 0 Å². The van der Waals surface area contributed by atoms with E-state index in [2.05, 4.69) is 22.8 Å². The number of carbonyl (C=O) groups is 2. The second-order valence-electron chi connectivity index (χ2n) is 8.06. The van der Waals surface area contributed by atoms with Crippen molar-refractivity contribution in [3.05, 3.63) is 81.7 Å². The van der Waals surface area contributed by atoms with E-state index in [-0.39, 0.29) is 18.4 Å². The van der Waals surface area contributed by atoms with Crippen LogP contribution in [0.15, 0.2) is 54.6 Å². The number of benzene rings is 2. The fraction of sp³-hybridized carbons (Fsp3) is 0.308. The van der Waals surface area contributed by atoms with Crippen LogP contribution >= 0.6 is 11.3 Å². The minimum Gasteiger partial charge on any atom is -0.484 e. The number of amides is 2. The van der Waals surface area contributed by atoms with Crippen LogP contribution in [0.25, 0.3) is 0 Å². The molecule has 0 aliphatic heterocycles. The van der Waals surface area contributed by atoms with E-state index < -0.39 is 0 Å². The molecule has 0 radical (unpaired) electrons. The van der Waals surface area contributed by atoms with Crippen LogP contribution in [0.1, 0.15) is 44.8 Å². The highest BCUT2D eigenvalue weighted by molar-refractivity contribution is 7.17. The van der Waals surface area contributed by atoms with E-state index in [4.69, 9.17) is 4.74 Å². The van der Waals surface area contributed by atoms with Crippen LogP contribution in [0.4, 0.5) is 5.00 Å². The third kappa shape index (κ3) is 5.56. The summed E-state index contributed by atoms with van der Waals surface area (Å²) < 4.78 is 5.63.